The van der Waals surface area contributed by atoms with Crippen molar-refractivity contribution in [2.45, 2.75) is 12.3 Å². The van der Waals surface area contributed by atoms with Crippen LogP contribution in [0.15, 0.2) is 12.5 Å². The zero-order valence-corrected chi connectivity index (χ0v) is 6.14. The zero-order valence-electron chi connectivity index (χ0n) is 5.38. The summed E-state index contributed by atoms with van der Waals surface area (Å²) in [5.74, 6) is -0.454. The minimum absolute atomic E-state index is 0.247. The van der Waals surface area contributed by atoms with E-state index in [0.29, 0.717) is 0 Å². The van der Waals surface area contributed by atoms with Crippen molar-refractivity contribution in [1.29, 1.82) is 0 Å². The molecule has 0 radical (unpaired) electrons. The fourth-order valence-electron chi connectivity index (χ4n) is 0.615. The smallest absolute Gasteiger partial charge is 0.164 e. The predicted octanol–water partition coefficient (Wildman–Crippen LogP) is 1.92. The van der Waals surface area contributed by atoms with Gasteiger partial charge in [0.15, 0.2) is 5.82 Å². The lowest BCUT2D eigenvalue weighted by molar-refractivity contribution is 0.591. The number of rotatable bonds is 1. The highest BCUT2D eigenvalue weighted by Crippen LogP contribution is 2.18. The van der Waals surface area contributed by atoms with Gasteiger partial charge < -0.3 is 0 Å². The van der Waals surface area contributed by atoms with Crippen molar-refractivity contribution in [3.63, 3.8) is 0 Å². The zero-order chi connectivity index (χ0) is 7.56. The van der Waals surface area contributed by atoms with Crippen molar-refractivity contribution in [2.24, 2.45) is 0 Å². The molecule has 0 bridgehead atoms. The topological polar surface area (TPSA) is 25.8 Å². The standard InChI is InChI=1S/C6H6ClFN2/c1-4(7)6-5(8)2-9-3-10-6/h2-4H,1H3. The molecule has 0 aromatic carbocycles. The molecule has 0 aliphatic heterocycles. The fourth-order valence-corrected chi connectivity index (χ4v) is 0.775. The molecule has 1 heterocycles. The SMILES string of the molecule is CC(Cl)c1ncncc1F. The Hall–Kier alpha value is -0.700. The van der Waals surface area contributed by atoms with Crippen molar-refractivity contribution in [3.05, 3.63) is 24.0 Å². The summed E-state index contributed by atoms with van der Waals surface area (Å²) in [5.41, 5.74) is 0.247. The molecule has 10 heavy (non-hydrogen) atoms. The van der Waals surface area contributed by atoms with E-state index in [1.54, 1.807) is 6.92 Å². The minimum atomic E-state index is -0.454. The molecule has 1 aromatic heterocycles. The highest BCUT2D eigenvalue weighted by Gasteiger charge is 2.07. The average molecular weight is 161 g/mol. The van der Waals surface area contributed by atoms with Gasteiger partial charge >= 0.3 is 0 Å². The summed E-state index contributed by atoms with van der Waals surface area (Å²) in [5, 5.41) is -0.400. The Balaban J connectivity index is 3.03. The Labute approximate surface area is 63.1 Å². The molecule has 0 N–H and O–H groups in total. The molecular weight excluding hydrogens is 155 g/mol. The summed E-state index contributed by atoms with van der Waals surface area (Å²) >= 11 is 5.58. The normalized spacial score (nSPS) is 13.1. The average Bonchev–Trinajstić information content (AvgIpc) is 1.88. The van der Waals surface area contributed by atoms with Gasteiger partial charge in [-0.1, -0.05) is 0 Å². The van der Waals surface area contributed by atoms with Crippen LogP contribution in [0.5, 0.6) is 0 Å². The molecule has 0 spiro atoms. The third-order valence-corrected chi connectivity index (χ3v) is 1.28. The Bertz CT molecular complexity index is 227. The summed E-state index contributed by atoms with van der Waals surface area (Å²) in [6.45, 7) is 1.66. The summed E-state index contributed by atoms with van der Waals surface area (Å²) in [6, 6.07) is 0. The number of hydrogen-bond acceptors (Lipinski definition) is 2. The van der Waals surface area contributed by atoms with E-state index in [1.807, 2.05) is 0 Å². The summed E-state index contributed by atoms with van der Waals surface area (Å²) in [7, 11) is 0. The maximum atomic E-state index is 12.6. The van der Waals surface area contributed by atoms with E-state index in [1.165, 1.54) is 6.33 Å². The maximum Gasteiger partial charge on any atom is 0.164 e. The van der Waals surface area contributed by atoms with Gasteiger partial charge in [0.25, 0.3) is 0 Å². The molecule has 0 saturated heterocycles. The number of nitrogens with zero attached hydrogens (tertiary/aromatic N) is 2. The monoisotopic (exact) mass is 160 g/mol. The molecule has 0 fully saturated rings. The summed E-state index contributed by atoms with van der Waals surface area (Å²) in [4.78, 5) is 7.14. The minimum Gasteiger partial charge on any atom is -0.242 e. The Morgan fingerprint density at radius 2 is 2.40 bits per heavy atom. The van der Waals surface area contributed by atoms with Crippen LogP contribution in [0.2, 0.25) is 0 Å². The molecule has 1 unspecified atom stereocenters. The van der Waals surface area contributed by atoms with Crippen LogP contribution >= 0.6 is 11.6 Å². The lowest BCUT2D eigenvalue weighted by Crippen LogP contribution is -1.95. The molecule has 2 nitrogen and oxygen atoms in total. The second-order valence-electron chi connectivity index (χ2n) is 1.87. The quantitative estimate of drug-likeness (QED) is 0.587. The first-order valence-electron chi connectivity index (χ1n) is 2.81. The lowest BCUT2D eigenvalue weighted by Gasteiger charge is -2.00. The van der Waals surface area contributed by atoms with Gasteiger partial charge in [-0.15, -0.1) is 11.6 Å². The third-order valence-electron chi connectivity index (χ3n) is 1.07. The van der Waals surface area contributed by atoms with Crippen molar-refractivity contribution in [3.8, 4) is 0 Å². The molecule has 0 saturated carbocycles. The van der Waals surface area contributed by atoms with Crippen LogP contribution in [0, 0.1) is 5.82 Å². The van der Waals surface area contributed by atoms with Crippen molar-refractivity contribution < 1.29 is 4.39 Å². The van der Waals surface area contributed by atoms with E-state index in [-0.39, 0.29) is 5.69 Å². The number of hydrogen-bond donors (Lipinski definition) is 0. The van der Waals surface area contributed by atoms with Gasteiger partial charge in [-0.2, -0.15) is 0 Å². The van der Waals surface area contributed by atoms with E-state index in [0.717, 1.165) is 6.20 Å². The maximum absolute atomic E-state index is 12.6. The van der Waals surface area contributed by atoms with E-state index < -0.39 is 11.2 Å². The van der Waals surface area contributed by atoms with Crippen LogP contribution in [0.4, 0.5) is 4.39 Å². The van der Waals surface area contributed by atoms with Gasteiger partial charge in [0.05, 0.1) is 17.3 Å². The number of alkyl halides is 1. The van der Waals surface area contributed by atoms with Gasteiger partial charge in [-0.25, -0.2) is 14.4 Å². The van der Waals surface area contributed by atoms with Crippen LogP contribution in [-0.2, 0) is 0 Å². The first-order chi connectivity index (χ1) is 4.72. The van der Waals surface area contributed by atoms with Crippen LogP contribution in [0.1, 0.15) is 18.0 Å². The van der Waals surface area contributed by atoms with E-state index >= 15 is 0 Å². The molecular formula is C6H6ClFN2. The van der Waals surface area contributed by atoms with E-state index in [4.69, 9.17) is 11.6 Å². The second-order valence-corrected chi connectivity index (χ2v) is 2.53. The lowest BCUT2D eigenvalue weighted by atomic mass is 10.3. The van der Waals surface area contributed by atoms with Gasteiger partial charge in [0.2, 0.25) is 0 Å². The van der Waals surface area contributed by atoms with Crippen molar-refractivity contribution >= 4 is 11.6 Å². The molecule has 0 amide bonds. The predicted molar refractivity (Wildman–Crippen MR) is 36.3 cm³/mol. The highest BCUT2D eigenvalue weighted by molar-refractivity contribution is 6.20. The number of halogens is 2. The summed E-state index contributed by atoms with van der Waals surface area (Å²) < 4.78 is 12.6. The fraction of sp³-hybridized carbons (Fsp3) is 0.333. The van der Waals surface area contributed by atoms with Gasteiger partial charge in [-0.05, 0) is 6.92 Å². The Morgan fingerprint density at radius 1 is 1.70 bits per heavy atom. The van der Waals surface area contributed by atoms with Crippen LogP contribution < -0.4 is 0 Å². The molecule has 4 heteroatoms. The van der Waals surface area contributed by atoms with Gasteiger partial charge in [0.1, 0.15) is 6.33 Å². The third kappa shape index (κ3) is 1.42. The largest absolute Gasteiger partial charge is 0.242 e. The molecule has 54 valence electrons. The Morgan fingerprint density at radius 3 is 2.80 bits per heavy atom. The number of aromatic nitrogens is 2. The summed E-state index contributed by atoms with van der Waals surface area (Å²) in [6.07, 6.45) is 2.37. The van der Waals surface area contributed by atoms with Crippen molar-refractivity contribution in [1.82, 2.24) is 9.97 Å². The van der Waals surface area contributed by atoms with E-state index in [2.05, 4.69) is 9.97 Å². The first kappa shape index (κ1) is 7.41. The first-order valence-corrected chi connectivity index (χ1v) is 3.25. The molecule has 1 rings (SSSR count). The van der Waals surface area contributed by atoms with Gasteiger partial charge in [-0.3, -0.25) is 0 Å². The van der Waals surface area contributed by atoms with Gasteiger partial charge in [0, 0.05) is 0 Å². The van der Waals surface area contributed by atoms with Crippen LogP contribution in [-0.4, -0.2) is 9.97 Å². The van der Waals surface area contributed by atoms with Crippen LogP contribution in [0.3, 0.4) is 0 Å². The highest BCUT2D eigenvalue weighted by atomic mass is 35.5. The molecule has 1 aromatic rings. The van der Waals surface area contributed by atoms with Crippen molar-refractivity contribution in [2.75, 3.05) is 0 Å². The van der Waals surface area contributed by atoms with E-state index in [9.17, 15) is 4.39 Å². The van der Waals surface area contributed by atoms with Crippen LogP contribution in [0.25, 0.3) is 0 Å². The Kier molecular flexibility index (Phi) is 2.17. The second kappa shape index (κ2) is 2.92. The molecule has 0 aliphatic rings. The molecule has 0 aliphatic carbocycles. The molecule has 1 atom stereocenters.